The molecule has 1 saturated heterocycles. The molecule has 5 nitrogen and oxygen atoms in total. The van der Waals surface area contributed by atoms with Crippen LogP contribution in [0.4, 0.5) is 0 Å². The van der Waals surface area contributed by atoms with Crippen molar-refractivity contribution in [2.24, 2.45) is 11.8 Å². The average Bonchev–Trinajstić information content (AvgIpc) is 3.51. The molecule has 1 saturated carbocycles. The lowest BCUT2D eigenvalue weighted by molar-refractivity contribution is -0.141. The van der Waals surface area contributed by atoms with Crippen molar-refractivity contribution in [1.29, 1.82) is 0 Å². The van der Waals surface area contributed by atoms with Gasteiger partial charge in [-0.15, -0.1) is 0 Å². The molecule has 25 heavy (non-hydrogen) atoms. The number of hydrogen-bond donors (Lipinski definition) is 0. The van der Waals surface area contributed by atoms with E-state index in [4.69, 9.17) is 4.74 Å². The molecule has 0 N–H and O–H groups in total. The fourth-order valence-corrected chi connectivity index (χ4v) is 3.67. The Hall–Kier alpha value is -2.04. The Bertz CT molecular complexity index is 642. The molecule has 2 fully saturated rings. The number of hydrogen-bond acceptors (Lipinski definition) is 3. The summed E-state index contributed by atoms with van der Waals surface area (Å²) in [6.45, 7) is 3.38. The number of piperidine rings is 1. The number of rotatable bonds is 5. The smallest absolute Gasteiger partial charge is 0.227 e. The Balaban J connectivity index is 1.67. The number of carbonyl (C=O) groups excluding carboxylic acids is 2. The lowest BCUT2D eigenvalue weighted by Crippen LogP contribution is -2.46. The van der Waals surface area contributed by atoms with Gasteiger partial charge in [0, 0.05) is 31.6 Å². The Labute approximate surface area is 149 Å². The maximum Gasteiger partial charge on any atom is 0.227 e. The number of benzene rings is 1. The van der Waals surface area contributed by atoms with Gasteiger partial charge in [0.15, 0.2) is 0 Å². The van der Waals surface area contributed by atoms with E-state index < -0.39 is 0 Å². The fourth-order valence-electron chi connectivity index (χ4n) is 3.67. The van der Waals surface area contributed by atoms with Gasteiger partial charge in [0.05, 0.1) is 19.1 Å². The molecule has 0 radical (unpaired) electrons. The summed E-state index contributed by atoms with van der Waals surface area (Å²) in [5.41, 5.74) is 1.00. The molecule has 3 rings (SSSR count). The maximum absolute atomic E-state index is 13.0. The summed E-state index contributed by atoms with van der Waals surface area (Å²) in [5.74, 6) is 1.28. The molecule has 0 spiro atoms. The zero-order chi connectivity index (χ0) is 18.0. The van der Waals surface area contributed by atoms with Gasteiger partial charge in [-0.1, -0.05) is 18.2 Å². The number of amides is 2. The molecule has 5 heteroatoms. The van der Waals surface area contributed by atoms with Crippen LogP contribution in [0.25, 0.3) is 0 Å². The molecule has 1 heterocycles. The van der Waals surface area contributed by atoms with E-state index in [2.05, 4.69) is 0 Å². The highest BCUT2D eigenvalue weighted by Crippen LogP contribution is 2.34. The molecule has 1 aliphatic heterocycles. The molecule has 1 aromatic carbocycles. The van der Waals surface area contributed by atoms with Gasteiger partial charge in [0.2, 0.25) is 11.8 Å². The second-order valence-electron chi connectivity index (χ2n) is 7.26. The van der Waals surface area contributed by atoms with Gasteiger partial charge in [-0.25, -0.2) is 0 Å². The van der Waals surface area contributed by atoms with E-state index in [0.29, 0.717) is 6.54 Å². The van der Waals surface area contributed by atoms with Crippen molar-refractivity contribution < 1.29 is 14.3 Å². The van der Waals surface area contributed by atoms with Crippen molar-refractivity contribution in [3.05, 3.63) is 29.8 Å². The lowest BCUT2D eigenvalue weighted by Gasteiger charge is -2.36. The summed E-state index contributed by atoms with van der Waals surface area (Å²) in [4.78, 5) is 29.0. The summed E-state index contributed by atoms with van der Waals surface area (Å²) in [7, 11) is 3.50. The van der Waals surface area contributed by atoms with E-state index in [1.807, 2.05) is 43.1 Å². The van der Waals surface area contributed by atoms with Crippen LogP contribution < -0.4 is 4.74 Å². The number of para-hydroxylation sites is 1. The molecule has 2 amide bonds. The quantitative estimate of drug-likeness (QED) is 0.825. The van der Waals surface area contributed by atoms with Crippen LogP contribution in [0.1, 0.15) is 44.2 Å². The largest absolute Gasteiger partial charge is 0.496 e. The van der Waals surface area contributed by atoms with Gasteiger partial charge in [0.1, 0.15) is 5.75 Å². The Morgan fingerprint density at radius 2 is 1.92 bits per heavy atom. The van der Waals surface area contributed by atoms with E-state index in [9.17, 15) is 9.59 Å². The Morgan fingerprint density at radius 3 is 2.60 bits per heavy atom. The van der Waals surface area contributed by atoms with Crippen molar-refractivity contribution in [3.8, 4) is 5.75 Å². The van der Waals surface area contributed by atoms with Gasteiger partial charge in [-0.3, -0.25) is 9.59 Å². The van der Waals surface area contributed by atoms with Crippen LogP contribution in [0.3, 0.4) is 0 Å². The average molecular weight is 344 g/mol. The van der Waals surface area contributed by atoms with Gasteiger partial charge in [-0.05, 0) is 38.7 Å². The van der Waals surface area contributed by atoms with Crippen LogP contribution in [-0.4, -0.2) is 48.9 Å². The summed E-state index contributed by atoms with van der Waals surface area (Å²) in [6, 6.07) is 7.73. The monoisotopic (exact) mass is 344 g/mol. The van der Waals surface area contributed by atoms with Crippen molar-refractivity contribution in [2.75, 3.05) is 27.2 Å². The van der Waals surface area contributed by atoms with Gasteiger partial charge >= 0.3 is 0 Å². The summed E-state index contributed by atoms with van der Waals surface area (Å²) >= 11 is 0. The highest BCUT2D eigenvalue weighted by molar-refractivity contribution is 5.83. The number of ether oxygens (including phenoxy) is 1. The molecular formula is C20H28N2O3. The van der Waals surface area contributed by atoms with E-state index >= 15 is 0 Å². The van der Waals surface area contributed by atoms with Crippen LogP contribution in [0.5, 0.6) is 5.75 Å². The van der Waals surface area contributed by atoms with Crippen molar-refractivity contribution in [3.63, 3.8) is 0 Å². The molecule has 1 aromatic rings. The molecule has 2 aliphatic rings. The van der Waals surface area contributed by atoms with Crippen molar-refractivity contribution in [1.82, 2.24) is 9.80 Å². The van der Waals surface area contributed by atoms with Gasteiger partial charge in [0.25, 0.3) is 0 Å². The Morgan fingerprint density at radius 1 is 1.20 bits per heavy atom. The van der Waals surface area contributed by atoms with E-state index in [-0.39, 0.29) is 29.7 Å². The van der Waals surface area contributed by atoms with E-state index in [1.54, 1.807) is 12.0 Å². The summed E-state index contributed by atoms with van der Waals surface area (Å²) < 4.78 is 5.43. The first-order valence-corrected chi connectivity index (χ1v) is 9.21. The first-order chi connectivity index (χ1) is 12.0. The first-order valence-electron chi connectivity index (χ1n) is 9.21. The standard InChI is InChI=1S/C20H28N2O3/c1-14(17-8-4-5-9-18(17)25-3)21(2)19(23)16-7-6-12-22(13-16)20(24)15-10-11-15/h4-5,8-9,14-16H,6-7,10-13H2,1-3H3/t14-,16+/m0/s1. The fraction of sp³-hybridized carbons (Fsp3) is 0.600. The minimum atomic E-state index is -0.0985. The van der Waals surface area contributed by atoms with Crippen LogP contribution in [-0.2, 0) is 9.59 Å². The number of likely N-dealkylation sites (tertiary alicyclic amines) is 1. The normalized spacial score (nSPS) is 21.6. The third-order valence-corrected chi connectivity index (χ3v) is 5.53. The highest BCUT2D eigenvalue weighted by Gasteiger charge is 2.37. The third kappa shape index (κ3) is 3.80. The molecule has 0 bridgehead atoms. The summed E-state index contributed by atoms with van der Waals surface area (Å²) in [5, 5.41) is 0. The van der Waals surface area contributed by atoms with Crippen LogP contribution >= 0.6 is 0 Å². The van der Waals surface area contributed by atoms with Crippen molar-refractivity contribution in [2.45, 2.75) is 38.6 Å². The number of carbonyl (C=O) groups is 2. The molecule has 2 atom stereocenters. The minimum Gasteiger partial charge on any atom is -0.496 e. The highest BCUT2D eigenvalue weighted by atomic mass is 16.5. The van der Waals surface area contributed by atoms with E-state index in [1.165, 1.54) is 0 Å². The second kappa shape index (κ2) is 7.46. The number of nitrogens with zero attached hydrogens (tertiary/aromatic N) is 2. The topological polar surface area (TPSA) is 49.9 Å². The van der Waals surface area contributed by atoms with Crippen LogP contribution in [0.2, 0.25) is 0 Å². The first kappa shape index (κ1) is 17.8. The number of methoxy groups -OCH3 is 1. The van der Waals surface area contributed by atoms with Gasteiger partial charge in [-0.2, -0.15) is 0 Å². The van der Waals surface area contributed by atoms with Crippen LogP contribution in [0.15, 0.2) is 24.3 Å². The van der Waals surface area contributed by atoms with Crippen molar-refractivity contribution >= 4 is 11.8 Å². The predicted octanol–water partition coefficient (Wildman–Crippen LogP) is 2.86. The predicted molar refractivity (Wildman–Crippen MR) is 96.2 cm³/mol. The van der Waals surface area contributed by atoms with Crippen LogP contribution in [0, 0.1) is 11.8 Å². The SMILES string of the molecule is COc1ccccc1[C@H](C)N(C)C(=O)[C@@H]1CCCN(C(=O)C2CC2)C1. The zero-order valence-electron chi connectivity index (χ0n) is 15.4. The second-order valence-corrected chi connectivity index (χ2v) is 7.26. The molecule has 1 aliphatic carbocycles. The zero-order valence-corrected chi connectivity index (χ0v) is 15.4. The van der Waals surface area contributed by atoms with E-state index in [0.717, 1.165) is 43.5 Å². The summed E-state index contributed by atoms with van der Waals surface area (Å²) in [6.07, 6.45) is 3.79. The Kier molecular flexibility index (Phi) is 5.30. The molecule has 136 valence electrons. The molecule has 0 aromatic heterocycles. The molecular weight excluding hydrogens is 316 g/mol. The lowest BCUT2D eigenvalue weighted by atomic mass is 9.95. The van der Waals surface area contributed by atoms with Gasteiger partial charge < -0.3 is 14.5 Å². The minimum absolute atomic E-state index is 0.0711. The maximum atomic E-state index is 13.0. The third-order valence-electron chi connectivity index (χ3n) is 5.53. The molecule has 0 unspecified atom stereocenters.